The molecule has 0 aliphatic carbocycles. The van der Waals surface area contributed by atoms with Crippen LogP contribution in [0.25, 0.3) is 0 Å². The Bertz CT molecular complexity index is 479. The van der Waals surface area contributed by atoms with Crippen LogP contribution in [0.5, 0.6) is 0 Å². The van der Waals surface area contributed by atoms with Crippen molar-refractivity contribution in [3.8, 4) is 0 Å². The molecule has 1 aliphatic heterocycles. The van der Waals surface area contributed by atoms with Gasteiger partial charge in [0.05, 0.1) is 11.6 Å². The first-order valence-corrected chi connectivity index (χ1v) is 5.68. The SMILES string of the molecule is CC1NCCC1C(=O)Nc1ccc(F)c(F)c1F. The number of amides is 1. The van der Waals surface area contributed by atoms with Gasteiger partial charge >= 0.3 is 0 Å². The average Bonchev–Trinajstić information content (AvgIpc) is 2.76. The van der Waals surface area contributed by atoms with Crippen LogP contribution in [-0.4, -0.2) is 18.5 Å². The second-order valence-corrected chi connectivity index (χ2v) is 4.35. The quantitative estimate of drug-likeness (QED) is 0.797. The van der Waals surface area contributed by atoms with Crippen molar-refractivity contribution in [2.45, 2.75) is 19.4 Å². The van der Waals surface area contributed by atoms with E-state index < -0.39 is 23.4 Å². The minimum atomic E-state index is -1.58. The third kappa shape index (κ3) is 2.33. The molecule has 0 bridgehead atoms. The van der Waals surface area contributed by atoms with Gasteiger partial charge in [0, 0.05) is 6.04 Å². The highest BCUT2D eigenvalue weighted by molar-refractivity contribution is 5.93. The van der Waals surface area contributed by atoms with E-state index in [-0.39, 0.29) is 17.6 Å². The number of anilines is 1. The molecule has 2 atom stereocenters. The van der Waals surface area contributed by atoms with Crippen LogP contribution in [-0.2, 0) is 4.79 Å². The van der Waals surface area contributed by atoms with Gasteiger partial charge in [-0.2, -0.15) is 0 Å². The Kier molecular flexibility index (Phi) is 3.56. The van der Waals surface area contributed by atoms with E-state index in [0.717, 1.165) is 12.1 Å². The van der Waals surface area contributed by atoms with E-state index in [1.165, 1.54) is 0 Å². The summed E-state index contributed by atoms with van der Waals surface area (Å²) in [7, 11) is 0. The third-order valence-electron chi connectivity index (χ3n) is 3.16. The van der Waals surface area contributed by atoms with E-state index in [4.69, 9.17) is 0 Å². The van der Waals surface area contributed by atoms with Crippen molar-refractivity contribution in [3.05, 3.63) is 29.6 Å². The molecule has 0 radical (unpaired) electrons. The molecule has 1 aliphatic rings. The van der Waals surface area contributed by atoms with Crippen LogP contribution in [0.3, 0.4) is 0 Å². The van der Waals surface area contributed by atoms with E-state index in [9.17, 15) is 18.0 Å². The van der Waals surface area contributed by atoms with Crippen molar-refractivity contribution >= 4 is 11.6 Å². The van der Waals surface area contributed by atoms with E-state index in [0.29, 0.717) is 13.0 Å². The molecule has 1 heterocycles. The Labute approximate surface area is 102 Å². The van der Waals surface area contributed by atoms with E-state index >= 15 is 0 Å². The summed E-state index contributed by atoms with van der Waals surface area (Å²) in [5, 5.41) is 5.37. The van der Waals surface area contributed by atoms with Crippen LogP contribution >= 0.6 is 0 Å². The van der Waals surface area contributed by atoms with Gasteiger partial charge in [0.15, 0.2) is 17.5 Å². The van der Waals surface area contributed by atoms with Gasteiger partial charge in [0.2, 0.25) is 5.91 Å². The monoisotopic (exact) mass is 258 g/mol. The number of nitrogens with one attached hydrogen (secondary N) is 2. The predicted octanol–water partition coefficient (Wildman–Crippen LogP) is 2.04. The zero-order chi connectivity index (χ0) is 13.3. The van der Waals surface area contributed by atoms with Gasteiger partial charge in [-0.15, -0.1) is 0 Å². The lowest BCUT2D eigenvalue weighted by molar-refractivity contribution is -0.120. The van der Waals surface area contributed by atoms with E-state index in [1.807, 2.05) is 6.92 Å². The zero-order valence-corrected chi connectivity index (χ0v) is 9.77. The highest BCUT2D eigenvalue weighted by Crippen LogP contribution is 2.22. The number of benzene rings is 1. The summed E-state index contributed by atoms with van der Waals surface area (Å²) in [6, 6.07) is 1.78. The fourth-order valence-corrected chi connectivity index (χ4v) is 2.06. The minimum Gasteiger partial charge on any atom is -0.323 e. The summed E-state index contributed by atoms with van der Waals surface area (Å²) >= 11 is 0. The Morgan fingerprint density at radius 1 is 1.33 bits per heavy atom. The highest BCUT2D eigenvalue weighted by Gasteiger charge is 2.30. The Morgan fingerprint density at radius 2 is 2.06 bits per heavy atom. The molecular weight excluding hydrogens is 245 g/mol. The molecule has 0 spiro atoms. The molecule has 1 amide bonds. The third-order valence-corrected chi connectivity index (χ3v) is 3.16. The molecule has 1 saturated heterocycles. The van der Waals surface area contributed by atoms with Crippen molar-refractivity contribution in [2.24, 2.45) is 5.92 Å². The number of hydrogen-bond donors (Lipinski definition) is 2. The second kappa shape index (κ2) is 4.97. The summed E-state index contributed by atoms with van der Waals surface area (Å²) in [5.74, 6) is -4.91. The molecule has 0 saturated carbocycles. The molecule has 6 heteroatoms. The Hall–Kier alpha value is -1.56. The molecule has 2 N–H and O–H groups in total. The van der Waals surface area contributed by atoms with Gasteiger partial charge in [0.25, 0.3) is 0 Å². The van der Waals surface area contributed by atoms with Crippen molar-refractivity contribution in [3.63, 3.8) is 0 Å². The van der Waals surface area contributed by atoms with Crippen LogP contribution in [0.1, 0.15) is 13.3 Å². The maximum absolute atomic E-state index is 13.4. The van der Waals surface area contributed by atoms with Gasteiger partial charge in [-0.3, -0.25) is 4.79 Å². The normalized spacial score (nSPS) is 23.1. The summed E-state index contributed by atoms with van der Waals surface area (Å²) < 4.78 is 39.1. The van der Waals surface area contributed by atoms with E-state index in [2.05, 4.69) is 10.6 Å². The van der Waals surface area contributed by atoms with Crippen LogP contribution < -0.4 is 10.6 Å². The largest absolute Gasteiger partial charge is 0.323 e. The Morgan fingerprint density at radius 3 is 2.67 bits per heavy atom. The van der Waals surface area contributed by atoms with Crippen LogP contribution in [0, 0.1) is 23.4 Å². The minimum absolute atomic E-state index is 0.0154. The number of rotatable bonds is 2. The van der Waals surface area contributed by atoms with E-state index in [1.54, 1.807) is 0 Å². The average molecular weight is 258 g/mol. The lowest BCUT2D eigenvalue weighted by atomic mass is 10.0. The summed E-state index contributed by atoms with van der Waals surface area (Å²) in [6.45, 7) is 2.55. The first kappa shape index (κ1) is 12.9. The molecule has 2 unspecified atom stereocenters. The maximum atomic E-state index is 13.4. The first-order valence-electron chi connectivity index (χ1n) is 5.68. The van der Waals surface area contributed by atoms with Gasteiger partial charge in [0.1, 0.15) is 0 Å². The van der Waals surface area contributed by atoms with Crippen molar-refractivity contribution in [1.82, 2.24) is 5.32 Å². The predicted molar refractivity (Wildman–Crippen MR) is 60.5 cm³/mol. The topological polar surface area (TPSA) is 41.1 Å². The van der Waals surface area contributed by atoms with Crippen LogP contribution in [0.15, 0.2) is 12.1 Å². The number of carbonyl (C=O) groups excluding carboxylic acids is 1. The van der Waals surface area contributed by atoms with Gasteiger partial charge in [-0.25, -0.2) is 13.2 Å². The molecule has 3 nitrogen and oxygen atoms in total. The van der Waals surface area contributed by atoms with Crippen LogP contribution in [0.4, 0.5) is 18.9 Å². The molecule has 98 valence electrons. The molecule has 2 rings (SSSR count). The first-order chi connectivity index (χ1) is 8.50. The molecule has 1 fully saturated rings. The summed E-state index contributed by atoms with van der Waals surface area (Å²) in [6.07, 6.45) is 0.637. The lowest BCUT2D eigenvalue weighted by Gasteiger charge is -2.15. The van der Waals surface area contributed by atoms with Gasteiger partial charge in [-0.1, -0.05) is 0 Å². The molecular formula is C12H13F3N2O. The highest BCUT2D eigenvalue weighted by atomic mass is 19.2. The smallest absolute Gasteiger partial charge is 0.229 e. The number of halogens is 3. The standard InChI is InChI=1S/C12H13F3N2O/c1-6-7(4-5-16-6)12(18)17-9-3-2-8(13)10(14)11(9)15/h2-3,6-7,16H,4-5H2,1H3,(H,17,18). The van der Waals surface area contributed by atoms with Gasteiger partial charge in [-0.05, 0) is 32.0 Å². The summed E-state index contributed by atoms with van der Waals surface area (Å²) in [5.41, 5.74) is -0.335. The number of hydrogen-bond acceptors (Lipinski definition) is 2. The zero-order valence-electron chi connectivity index (χ0n) is 9.77. The molecule has 1 aromatic rings. The summed E-state index contributed by atoms with van der Waals surface area (Å²) in [4.78, 5) is 11.8. The Balaban J connectivity index is 2.14. The lowest BCUT2D eigenvalue weighted by Crippen LogP contribution is -2.32. The second-order valence-electron chi connectivity index (χ2n) is 4.35. The van der Waals surface area contributed by atoms with Crippen molar-refractivity contribution in [1.29, 1.82) is 0 Å². The fraction of sp³-hybridized carbons (Fsp3) is 0.417. The van der Waals surface area contributed by atoms with Crippen molar-refractivity contribution in [2.75, 3.05) is 11.9 Å². The van der Waals surface area contributed by atoms with Crippen LogP contribution in [0.2, 0.25) is 0 Å². The molecule has 1 aromatic carbocycles. The van der Waals surface area contributed by atoms with Crippen molar-refractivity contribution < 1.29 is 18.0 Å². The fourth-order valence-electron chi connectivity index (χ4n) is 2.06. The molecule has 18 heavy (non-hydrogen) atoms. The maximum Gasteiger partial charge on any atom is 0.229 e. The van der Waals surface area contributed by atoms with Gasteiger partial charge < -0.3 is 10.6 Å². The molecule has 0 aromatic heterocycles. The number of carbonyl (C=O) groups is 1.